The number of anilines is 1. The summed E-state index contributed by atoms with van der Waals surface area (Å²) >= 11 is 0. The maximum absolute atomic E-state index is 15.3. The van der Waals surface area contributed by atoms with Crippen LogP contribution in [0, 0.1) is 11.7 Å². The summed E-state index contributed by atoms with van der Waals surface area (Å²) in [6, 6.07) is 0.942. The molecule has 2 saturated heterocycles. The Kier molecular flexibility index (Phi) is 4.84. The second kappa shape index (κ2) is 7.44. The molecule has 1 aromatic heterocycles. The molecule has 166 valence electrons. The van der Waals surface area contributed by atoms with Gasteiger partial charge in [0.1, 0.15) is 11.3 Å². The third kappa shape index (κ3) is 3.42. The highest BCUT2D eigenvalue weighted by Crippen LogP contribution is 2.45. The number of nitrogens with one attached hydrogen (secondary N) is 1. The standard InChI is InChI=1S/C21H22F3N3O4/c22-14-6-12-16(27(11-3-4-11)8-13(18(12)28)20(29)30)19(31-21(23)24)17(14)26-7-10-2-1-5-25-15(10)9-26/h6,8,10-11,15,21,25H,1-5,7,9H2,(H,29,30)/t10-,15+/m1/s1. The van der Waals surface area contributed by atoms with Gasteiger partial charge in [-0.05, 0) is 44.2 Å². The van der Waals surface area contributed by atoms with Crippen molar-refractivity contribution in [1.29, 1.82) is 0 Å². The number of hydrogen-bond acceptors (Lipinski definition) is 5. The van der Waals surface area contributed by atoms with Crippen LogP contribution in [-0.4, -0.2) is 47.9 Å². The molecule has 0 spiro atoms. The fraction of sp³-hybridized carbons (Fsp3) is 0.524. The first-order valence-electron chi connectivity index (χ1n) is 10.4. The number of aromatic carboxylic acids is 1. The number of rotatable bonds is 5. The van der Waals surface area contributed by atoms with E-state index in [-0.39, 0.29) is 34.6 Å². The number of alkyl halides is 2. The Morgan fingerprint density at radius 3 is 2.68 bits per heavy atom. The third-order valence-electron chi connectivity index (χ3n) is 6.49. The fourth-order valence-electron chi connectivity index (χ4n) is 4.96. The number of pyridine rings is 1. The molecule has 3 aliphatic rings. The summed E-state index contributed by atoms with van der Waals surface area (Å²) in [5.41, 5.74) is -1.51. The summed E-state index contributed by atoms with van der Waals surface area (Å²) in [7, 11) is 0. The molecular formula is C21H22F3N3O4. The van der Waals surface area contributed by atoms with Crippen LogP contribution in [0.15, 0.2) is 17.1 Å². The molecule has 7 nitrogen and oxygen atoms in total. The van der Waals surface area contributed by atoms with Gasteiger partial charge in [-0.2, -0.15) is 8.78 Å². The molecule has 2 aliphatic heterocycles. The molecule has 0 radical (unpaired) electrons. The summed E-state index contributed by atoms with van der Waals surface area (Å²) in [6.45, 7) is -1.45. The van der Waals surface area contributed by atoms with Gasteiger partial charge in [0.25, 0.3) is 0 Å². The van der Waals surface area contributed by atoms with E-state index in [1.54, 1.807) is 4.90 Å². The zero-order valence-electron chi connectivity index (χ0n) is 16.6. The van der Waals surface area contributed by atoms with Gasteiger partial charge in [0, 0.05) is 31.4 Å². The number of hydrogen-bond donors (Lipinski definition) is 2. The van der Waals surface area contributed by atoms with Crippen molar-refractivity contribution in [2.24, 2.45) is 5.92 Å². The lowest BCUT2D eigenvalue weighted by Gasteiger charge is -2.25. The number of benzene rings is 1. The maximum atomic E-state index is 15.3. The Labute approximate surface area is 175 Å². The predicted octanol–water partition coefficient (Wildman–Crippen LogP) is 2.96. The molecule has 31 heavy (non-hydrogen) atoms. The molecular weight excluding hydrogens is 415 g/mol. The molecule has 10 heteroatoms. The number of fused-ring (bicyclic) bond motifs is 2. The first kappa shape index (κ1) is 20.2. The highest BCUT2D eigenvalue weighted by Gasteiger charge is 2.38. The molecule has 2 aromatic rings. The number of carboxylic acid groups (broad SMARTS) is 1. The minimum Gasteiger partial charge on any atom is -0.477 e. The first-order valence-corrected chi connectivity index (χ1v) is 10.4. The Hall–Kier alpha value is -2.75. The van der Waals surface area contributed by atoms with Crippen LogP contribution in [0.2, 0.25) is 0 Å². The number of carbonyl (C=O) groups is 1. The van der Waals surface area contributed by atoms with E-state index in [1.165, 1.54) is 4.57 Å². The van der Waals surface area contributed by atoms with Crippen molar-refractivity contribution in [1.82, 2.24) is 9.88 Å². The van der Waals surface area contributed by atoms with E-state index in [4.69, 9.17) is 4.74 Å². The number of halogens is 3. The van der Waals surface area contributed by atoms with Crippen LogP contribution in [0.4, 0.5) is 18.9 Å². The molecule has 5 rings (SSSR count). The molecule has 3 heterocycles. The van der Waals surface area contributed by atoms with E-state index in [2.05, 4.69) is 5.32 Å². The van der Waals surface area contributed by atoms with E-state index in [0.29, 0.717) is 25.9 Å². The van der Waals surface area contributed by atoms with Gasteiger partial charge in [-0.1, -0.05) is 0 Å². The monoisotopic (exact) mass is 437 g/mol. The van der Waals surface area contributed by atoms with E-state index in [1.807, 2.05) is 0 Å². The van der Waals surface area contributed by atoms with Crippen molar-refractivity contribution in [3.8, 4) is 5.75 Å². The van der Waals surface area contributed by atoms with Crippen LogP contribution < -0.4 is 20.4 Å². The van der Waals surface area contributed by atoms with Crippen molar-refractivity contribution in [3.63, 3.8) is 0 Å². The Bertz CT molecular complexity index is 1100. The van der Waals surface area contributed by atoms with Gasteiger partial charge in [0.2, 0.25) is 5.43 Å². The minimum atomic E-state index is -3.23. The van der Waals surface area contributed by atoms with Gasteiger partial charge in [-0.15, -0.1) is 0 Å². The average molecular weight is 437 g/mol. The highest BCUT2D eigenvalue weighted by atomic mass is 19.3. The zero-order chi connectivity index (χ0) is 21.9. The van der Waals surface area contributed by atoms with E-state index < -0.39 is 35.1 Å². The number of carboxylic acids is 1. The molecule has 0 bridgehead atoms. The van der Waals surface area contributed by atoms with Gasteiger partial charge >= 0.3 is 12.6 Å². The van der Waals surface area contributed by atoms with Crippen molar-refractivity contribution in [3.05, 3.63) is 33.9 Å². The zero-order valence-corrected chi connectivity index (χ0v) is 16.6. The molecule has 2 N–H and O–H groups in total. The number of aromatic nitrogens is 1. The SMILES string of the molecule is O=C(O)c1cn(C2CC2)c2c(OC(F)F)c(N3C[C@H]4CCCN[C@H]4C3)c(F)cc2c1=O. The molecule has 1 aliphatic carbocycles. The smallest absolute Gasteiger partial charge is 0.387 e. The fourth-order valence-corrected chi connectivity index (χ4v) is 4.96. The van der Waals surface area contributed by atoms with Crippen LogP contribution in [0.25, 0.3) is 10.9 Å². The van der Waals surface area contributed by atoms with Crippen molar-refractivity contribution >= 4 is 22.6 Å². The Morgan fingerprint density at radius 1 is 1.26 bits per heavy atom. The summed E-state index contributed by atoms with van der Waals surface area (Å²) < 4.78 is 48.5. The van der Waals surface area contributed by atoms with Crippen molar-refractivity contribution in [2.45, 2.75) is 44.4 Å². The van der Waals surface area contributed by atoms with Crippen LogP contribution in [0.1, 0.15) is 42.1 Å². The molecule has 3 fully saturated rings. The Balaban J connectivity index is 1.75. The molecule has 0 amide bonds. The van der Waals surface area contributed by atoms with Crippen LogP contribution in [0.5, 0.6) is 5.75 Å². The number of piperidine rings is 1. The molecule has 2 atom stereocenters. The van der Waals surface area contributed by atoms with Gasteiger partial charge < -0.3 is 24.6 Å². The second-order valence-corrected chi connectivity index (χ2v) is 8.49. The van der Waals surface area contributed by atoms with Gasteiger partial charge in [-0.25, -0.2) is 9.18 Å². The largest absolute Gasteiger partial charge is 0.477 e. The van der Waals surface area contributed by atoms with Crippen molar-refractivity contribution < 1.29 is 27.8 Å². The van der Waals surface area contributed by atoms with Gasteiger partial charge in [0.05, 0.1) is 10.9 Å². The van der Waals surface area contributed by atoms with E-state index >= 15 is 4.39 Å². The van der Waals surface area contributed by atoms with Crippen molar-refractivity contribution in [2.75, 3.05) is 24.5 Å². The van der Waals surface area contributed by atoms with Crippen LogP contribution in [0.3, 0.4) is 0 Å². The lowest BCUT2D eigenvalue weighted by atomic mass is 9.94. The van der Waals surface area contributed by atoms with Gasteiger partial charge in [-0.3, -0.25) is 4.79 Å². The second-order valence-electron chi connectivity index (χ2n) is 8.49. The quantitative estimate of drug-likeness (QED) is 0.749. The molecule has 0 unspecified atom stereocenters. The molecule has 1 saturated carbocycles. The van der Waals surface area contributed by atoms with E-state index in [9.17, 15) is 23.5 Å². The number of ether oxygens (including phenoxy) is 1. The average Bonchev–Trinajstić information content (AvgIpc) is 3.46. The summed E-state index contributed by atoms with van der Waals surface area (Å²) in [5, 5.41) is 12.5. The molecule has 1 aromatic carbocycles. The summed E-state index contributed by atoms with van der Waals surface area (Å²) in [5.74, 6) is -2.45. The predicted molar refractivity (Wildman–Crippen MR) is 107 cm³/mol. The van der Waals surface area contributed by atoms with Crippen LogP contribution >= 0.6 is 0 Å². The highest BCUT2D eigenvalue weighted by molar-refractivity contribution is 5.97. The lowest BCUT2D eigenvalue weighted by Crippen LogP contribution is -2.40. The summed E-state index contributed by atoms with van der Waals surface area (Å²) in [4.78, 5) is 26.0. The van der Waals surface area contributed by atoms with Crippen LogP contribution in [-0.2, 0) is 0 Å². The normalized spacial score (nSPS) is 23.4. The van der Waals surface area contributed by atoms with E-state index in [0.717, 1.165) is 31.6 Å². The van der Waals surface area contributed by atoms with Gasteiger partial charge in [0.15, 0.2) is 11.6 Å². The maximum Gasteiger partial charge on any atom is 0.387 e. The Morgan fingerprint density at radius 2 is 2.03 bits per heavy atom. The number of nitrogens with zero attached hydrogens (tertiary/aromatic N) is 2. The summed E-state index contributed by atoms with van der Waals surface area (Å²) in [6.07, 6.45) is 4.53. The lowest BCUT2D eigenvalue weighted by molar-refractivity contribution is -0.0488. The first-order chi connectivity index (χ1) is 14.8. The minimum absolute atomic E-state index is 0.0250. The third-order valence-corrected chi connectivity index (χ3v) is 6.49. The topological polar surface area (TPSA) is 83.8 Å².